The number of aromatic nitrogens is 1. The van der Waals surface area contributed by atoms with Crippen LogP contribution in [0.5, 0.6) is 0 Å². The van der Waals surface area contributed by atoms with Crippen LogP contribution in [-0.2, 0) is 21.2 Å². The largest absolute Gasteiger partial charge is 0.355 e. The fourth-order valence-corrected chi connectivity index (χ4v) is 6.25. The number of nitrogens with one attached hydrogen (secondary N) is 1. The van der Waals surface area contributed by atoms with E-state index in [1.54, 1.807) is 47.2 Å². The molecule has 0 radical (unpaired) electrons. The third-order valence-corrected chi connectivity index (χ3v) is 8.37. The Balaban J connectivity index is 1.33. The fourth-order valence-electron chi connectivity index (χ4n) is 4.75. The molecule has 0 aliphatic rings. The Hall–Kier alpha value is -4.16. The van der Waals surface area contributed by atoms with Gasteiger partial charge in [-0.05, 0) is 35.7 Å². The lowest BCUT2D eigenvalue weighted by atomic mass is 9.88. The standard InChI is InChI=1S/C31H28N2O3S/c34-31(32-21-20-27(24-12-4-1-5-13-24)25-14-6-2-7-15-25)23-33-22-30(28-18-10-11-19-29(28)33)37(35,36)26-16-8-3-9-17-26/h1-19,22,27H,20-21,23H2,(H,32,34). The van der Waals surface area contributed by atoms with E-state index in [4.69, 9.17) is 0 Å². The van der Waals surface area contributed by atoms with Crippen molar-refractivity contribution in [2.75, 3.05) is 6.54 Å². The number of sulfone groups is 1. The Morgan fingerprint density at radius 3 is 1.89 bits per heavy atom. The average Bonchev–Trinajstić information content (AvgIpc) is 3.31. The van der Waals surface area contributed by atoms with Gasteiger partial charge in [0.05, 0.1) is 9.79 Å². The maximum absolute atomic E-state index is 13.3. The van der Waals surface area contributed by atoms with Crippen molar-refractivity contribution in [2.24, 2.45) is 0 Å². The van der Waals surface area contributed by atoms with E-state index in [0.717, 1.165) is 6.42 Å². The number of para-hydroxylation sites is 1. The number of nitrogens with zero attached hydrogens (tertiary/aromatic N) is 1. The minimum Gasteiger partial charge on any atom is -0.355 e. The SMILES string of the molecule is O=C(Cn1cc(S(=O)(=O)c2ccccc2)c2ccccc21)NCCC(c1ccccc1)c1ccccc1. The molecule has 1 amide bonds. The molecular formula is C31H28N2O3S. The molecule has 5 rings (SSSR count). The molecule has 0 aliphatic carbocycles. The van der Waals surface area contributed by atoms with Crippen LogP contribution in [0.3, 0.4) is 0 Å². The summed E-state index contributed by atoms with van der Waals surface area (Å²) in [6.07, 6.45) is 2.32. The summed E-state index contributed by atoms with van der Waals surface area (Å²) in [5.41, 5.74) is 3.11. The first-order valence-corrected chi connectivity index (χ1v) is 13.8. The monoisotopic (exact) mass is 508 g/mol. The Labute approximate surface area is 217 Å². The lowest BCUT2D eigenvalue weighted by molar-refractivity contribution is -0.121. The molecular weight excluding hydrogens is 480 g/mol. The molecule has 37 heavy (non-hydrogen) atoms. The summed E-state index contributed by atoms with van der Waals surface area (Å²) < 4.78 is 28.4. The highest BCUT2D eigenvalue weighted by Gasteiger charge is 2.23. The minimum absolute atomic E-state index is 0.0339. The molecule has 0 spiro atoms. The molecule has 5 nitrogen and oxygen atoms in total. The molecule has 6 heteroatoms. The maximum Gasteiger partial charge on any atom is 0.239 e. The second kappa shape index (κ2) is 10.8. The average molecular weight is 509 g/mol. The van der Waals surface area contributed by atoms with Gasteiger partial charge in [-0.1, -0.05) is 97.1 Å². The summed E-state index contributed by atoms with van der Waals surface area (Å²) in [7, 11) is -3.72. The van der Waals surface area contributed by atoms with Gasteiger partial charge in [0.2, 0.25) is 15.7 Å². The second-order valence-electron chi connectivity index (χ2n) is 8.97. The molecule has 186 valence electrons. The van der Waals surface area contributed by atoms with E-state index in [9.17, 15) is 13.2 Å². The minimum atomic E-state index is -3.72. The normalized spacial score (nSPS) is 11.6. The van der Waals surface area contributed by atoms with Gasteiger partial charge in [0, 0.05) is 29.6 Å². The number of benzene rings is 4. The molecule has 0 fully saturated rings. The van der Waals surface area contributed by atoms with Gasteiger partial charge < -0.3 is 9.88 Å². The van der Waals surface area contributed by atoms with E-state index in [2.05, 4.69) is 29.6 Å². The van der Waals surface area contributed by atoms with Crippen LogP contribution in [0.15, 0.2) is 131 Å². The molecule has 0 saturated heterocycles. The van der Waals surface area contributed by atoms with E-state index >= 15 is 0 Å². The first-order chi connectivity index (χ1) is 18.0. The molecule has 0 aliphatic heterocycles. The molecule has 4 aromatic carbocycles. The number of amides is 1. The number of hydrogen-bond donors (Lipinski definition) is 1. The Bertz CT molecular complexity index is 1560. The number of carbonyl (C=O) groups is 1. The van der Waals surface area contributed by atoms with Crippen molar-refractivity contribution in [1.29, 1.82) is 0 Å². The smallest absolute Gasteiger partial charge is 0.239 e. The number of hydrogen-bond acceptors (Lipinski definition) is 3. The van der Waals surface area contributed by atoms with E-state index in [-0.39, 0.29) is 28.2 Å². The number of rotatable bonds is 9. The van der Waals surface area contributed by atoms with Crippen LogP contribution in [0.2, 0.25) is 0 Å². The molecule has 0 saturated carbocycles. The third-order valence-electron chi connectivity index (χ3n) is 6.57. The third kappa shape index (κ3) is 5.34. The Kier molecular flexibility index (Phi) is 7.19. The van der Waals surface area contributed by atoms with Crippen LogP contribution in [0, 0.1) is 0 Å². The molecule has 1 aromatic heterocycles. The van der Waals surface area contributed by atoms with Crippen molar-refractivity contribution in [3.8, 4) is 0 Å². The fraction of sp³-hybridized carbons (Fsp3) is 0.129. The topological polar surface area (TPSA) is 68.2 Å². The van der Waals surface area contributed by atoms with Crippen LogP contribution in [0.1, 0.15) is 23.5 Å². The number of fused-ring (bicyclic) bond motifs is 1. The van der Waals surface area contributed by atoms with Crippen molar-refractivity contribution in [2.45, 2.75) is 28.7 Å². The lowest BCUT2D eigenvalue weighted by Gasteiger charge is -2.18. The summed E-state index contributed by atoms with van der Waals surface area (Å²) in [4.78, 5) is 13.4. The van der Waals surface area contributed by atoms with Gasteiger partial charge in [0.1, 0.15) is 6.54 Å². The Morgan fingerprint density at radius 2 is 1.27 bits per heavy atom. The van der Waals surface area contributed by atoms with Crippen LogP contribution < -0.4 is 5.32 Å². The molecule has 0 bridgehead atoms. The van der Waals surface area contributed by atoms with E-state index < -0.39 is 9.84 Å². The summed E-state index contributed by atoms with van der Waals surface area (Å²) >= 11 is 0. The van der Waals surface area contributed by atoms with Gasteiger partial charge in [-0.3, -0.25) is 4.79 Å². The van der Waals surface area contributed by atoms with Gasteiger partial charge in [-0.2, -0.15) is 0 Å². The predicted molar refractivity (Wildman–Crippen MR) is 146 cm³/mol. The van der Waals surface area contributed by atoms with E-state index in [1.807, 2.05) is 54.6 Å². The summed E-state index contributed by atoms with van der Waals surface area (Å²) in [6, 6.07) is 36.2. The predicted octanol–water partition coefficient (Wildman–Crippen LogP) is 5.81. The van der Waals surface area contributed by atoms with Crippen molar-refractivity contribution in [3.63, 3.8) is 0 Å². The van der Waals surface area contributed by atoms with E-state index in [0.29, 0.717) is 17.4 Å². The van der Waals surface area contributed by atoms with Crippen LogP contribution in [0.4, 0.5) is 0 Å². The van der Waals surface area contributed by atoms with Gasteiger partial charge in [-0.25, -0.2) is 8.42 Å². The molecule has 0 atom stereocenters. The van der Waals surface area contributed by atoms with Crippen molar-refractivity contribution in [3.05, 3.63) is 133 Å². The Morgan fingerprint density at radius 1 is 0.730 bits per heavy atom. The summed E-state index contributed by atoms with van der Waals surface area (Å²) in [5.74, 6) is 0.00186. The van der Waals surface area contributed by atoms with Gasteiger partial charge in [-0.15, -0.1) is 0 Å². The summed E-state index contributed by atoms with van der Waals surface area (Å²) in [5, 5.41) is 3.64. The highest BCUT2D eigenvalue weighted by atomic mass is 32.2. The maximum atomic E-state index is 13.3. The molecule has 1 N–H and O–H groups in total. The second-order valence-corrected chi connectivity index (χ2v) is 10.9. The van der Waals surface area contributed by atoms with Crippen molar-refractivity contribution in [1.82, 2.24) is 9.88 Å². The summed E-state index contributed by atoms with van der Waals surface area (Å²) in [6.45, 7) is 0.536. The zero-order valence-corrected chi connectivity index (χ0v) is 21.1. The first-order valence-electron chi connectivity index (χ1n) is 12.3. The quantitative estimate of drug-likeness (QED) is 0.273. The first kappa shape index (κ1) is 24.5. The lowest BCUT2D eigenvalue weighted by Crippen LogP contribution is -2.29. The van der Waals surface area contributed by atoms with Gasteiger partial charge in [0.25, 0.3) is 0 Å². The zero-order valence-electron chi connectivity index (χ0n) is 20.3. The van der Waals surface area contributed by atoms with Crippen molar-refractivity contribution >= 4 is 26.6 Å². The zero-order chi connectivity index (χ0) is 25.7. The highest BCUT2D eigenvalue weighted by Crippen LogP contribution is 2.30. The number of carbonyl (C=O) groups excluding carboxylic acids is 1. The molecule has 5 aromatic rings. The molecule has 1 heterocycles. The van der Waals surface area contributed by atoms with Crippen molar-refractivity contribution < 1.29 is 13.2 Å². The molecule has 0 unspecified atom stereocenters. The van der Waals surface area contributed by atoms with Crippen LogP contribution in [-0.4, -0.2) is 25.4 Å². The van der Waals surface area contributed by atoms with Gasteiger partial charge >= 0.3 is 0 Å². The van der Waals surface area contributed by atoms with E-state index in [1.165, 1.54) is 11.1 Å². The van der Waals surface area contributed by atoms with Crippen LogP contribution >= 0.6 is 0 Å². The van der Waals surface area contributed by atoms with Gasteiger partial charge in [0.15, 0.2) is 0 Å². The van der Waals surface area contributed by atoms with Crippen LogP contribution in [0.25, 0.3) is 10.9 Å². The highest BCUT2D eigenvalue weighted by molar-refractivity contribution is 7.91.